The molecule has 6 heteroatoms. The van der Waals surface area contributed by atoms with E-state index in [0.29, 0.717) is 19.3 Å². The van der Waals surface area contributed by atoms with Gasteiger partial charge in [-0.25, -0.2) is 0 Å². The predicted molar refractivity (Wildman–Crippen MR) is 261 cm³/mol. The van der Waals surface area contributed by atoms with E-state index < -0.39 is 6.10 Å². The number of esters is 3. The van der Waals surface area contributed by atoms with E-state index >= 15 is 0 Å². The Bertz CT molecular complexity index is 1030. The lowest BCUT2D eigenvalue weighted by atomic mass is 10.0. The van der Waals surface area contributed by atoms with Crippen molar-refractivity contribution in [3.05, 3.63) is 36.5 Å². The standard InChI is InChI=1S/C55H100O6/c1-4-7-10-13-16-19-22-24-26-27-29-31-34-36-39-42-45-48-54(57)60-51-52(61-55(58)49-46-43-40-37-32-21-18-15-12-9-6-3)50-59-53(56)47-44-41-38-35-33-30-28-25-23-20-17-14-11-8-5-2/h8,11,17,20,25,28,52H,4-7,9-10,12-16,18-19,21-24,26-27,29-51H2,1-3H3/b11-8-,20-17-,28-25-/t52-/m1/s1. The Morgan fingerprint density at radius 1 is 0.344 bits per heavy atom. The lowest BCUT2D eigenvalue weighted by Gasteiger charge is -2.18. The van der Waals surface area contributed by atoms with Crippen molar-refractivity contribution >= 4 is 17.9 Å². The van der Waals surface area contributed by atoms with Crippen molar-refractivity contribution < 1.29 is 28.6 Å². The molecule has 0 aromatic rings. The fourth-order valence-electron chi connectivity index (χ4n) is 7.69. The van der Waals surface area contributed by atoms with Crippen LogP contribution in [0.5, 0.6) is 0 Å². The molecule has 0 aromatic carbocycles. The minimum Gasteiger partial charge on any atom is -0.462 e. The Labute approximate surface area is 378 Å². The van der Waals surface area contributed by atoms with Crippen LogP contribution < -0.4 is 0 Å². The minimum atomic E-state index is -0.773. The Morgan fingerprint density at radius 3 is 1.00 bits per heavy atom. The van der Waals surface area contributed by atoms with Crippen LogP contribution in [-0.2, 0) is 28.6 Å². The van der Waals surface area contributed by atoms with Crippen LogP contribution in [0.25, 0.3) is 0 Å². The normalized spacial score (nSPS) is 12.2. The molecule has 0 spiro atoms. The second kappa shape index (κ2) is 50.3. The maximum absolute atomic E-state index is 12.8. The van der Waals surface area contributed by atoms with Gasteiger partial charge in [0.05, 0.1) is 0 Å². The highest BCUT2D eigenvalue weighted by molar-refractivity contribution is 5.71. The molecule has 0 amide bonds. The van der Waals surface area contributed by atoms with Gasteiger partial charge >= 0.3 is 17.9 Å². The highest BCUT2D eigenvalue weighted by atomic mass is 16.6. The molecule has 0 bridgehead atoms. The number of hydrogen-bond acceptors (Lipinski definition) is 6. The molecule has 0 rings (SSSR count). The summed E-state index contributed by atoms with van der Waals surface area (Å²) in [6.45, 7) is 6.53. The van der Waals surface area contributed by atoms with Gasteiger partial charge in [-0.05, 0) is 51.4 Å². The van der Waals surface area contributed by atoms with Crippen LogP contribution >= 0.6 is 0 Å². The highest BCUT2D eigenvalue weighted by Gasteiger charge is 2.19. The van der Waals surface area contributed by atoms with Crippen molar-refractivity contribution in [3.8, 4) is 0 Å². The number of hydrogen-bond donors (Lipinski definition) is 0. The maximum Gasteiger partial charge on any atom is 0.306 e. The SMILES string of the molecule is CC/C=C\C/C=C\C/C=C\CCCCCCCC(=O)OC[C@H](COC(=O)CCCCCCCCCCCCCCCCCCC)OC(=O)CCCCCCCCCCCCC. The van der Waals surface area contributed by atoms with E-state index in [2.05, 4.69) is 57.2 Å². The first-order valence-electron chi connectivity index (χ1n) is 26.5. The van der Waals surface area contributed by atoms with E-state index in [1.54, 1.807) is 0 Å². The molecule has 0 saturated heterocycles. The van der Waals surface area contributed by atoms with Gasteiger partial charge in [0.25, 0.3) is 0 Å². The number of carbonyl (C=O) groups excluding carboxylic acids is 3. The third kappa shape index (κ3) is 48.5. The highest BCUT2D eigenvalue weighted by Crippen LogP contribution is 2.16. The number of unbranched alkanes of at least 4 members (excludes halogenated alkanes) is 31. The molecule has 0 aromatic heterocycles. The van der Waals surface area contributed by atoms with E-state index in [1.807, 2.05) is 0 Å². The van der Waals surface area contributed by atoms with E-state index in [1.165, 1.54) is 141 Å². The molecule has 0 saturated carbocycles. The number of allylic oxidation sites excluding steroid dienone is 6. The van der Waals surface area contributed by atoms with E-state index in [9.17, 15) is 14.4 Å². The number of rotatable bonds is 48. The van der Waals surface area contributed by atoms with Crippen molar-refractivity contribution in [2.24, 2.45) is 0 Å². The molecule has 61 heavy (non-hydrogen) atoms. The zero-order valence-electron chi connectivity index (χ0n) is 40.7. The summed E-state index contributed by atoms with van der Waals surface area (Å²) in [5.41, 5.74) is 0. The smallest absolute Gasteiger partial charge is 0.306 e. The predicted octanol–water partition coefficient (Wildman–Crippen LogP) is 17.3. The van der Waals surface area contributed by atoms with Crippen LogP contribution in [0, 0.1) is 0 Å². The first kappa shape index (κ1) is 58.6. The molecule has 1 atom stereocenters. The van der Waals surface area contributed by atoms with Crippen LogP contribution in [0.4, 0.5) is 0 Å². The second-order valence-corrected chi connectivity index (χ2v) is 17.8. The monoisotopic (exact) mass is 857 g/mol. The molecule has 0 aliphatic carbocycles. The van der Waals surface area contributed by atoms with Crippen molar-refractivity contribution in [1.29, 1.82) is 0 Å². The van der Waals surface area contributed by atoms with E-state index in [4.69, 9.17) is 14.2 Å². The molecular formula is C55H100O6. The summed E-state index contributed by atoms with van der Waals surface area (Å²) in [7, 11) is 0. The van der Waals surface area contributed by atoms with Crippen LogP contribution in [0.3, 0.4) is 0 Å². The van der Waals surface area contributed by atoms with Crippen LogP contribution in [0.1, 0.15) is 278 Å². The lowest BCUT2D eigenvalue weighted by Crippen LogP contribution is -2.30. The molecule has 0 N–H and O–H groups in total. The summed E-state index contributed by atoms with van der Waals surface area (Å²) < 4.78 is 16.8. The van der Waals surface area contributed by atoms with Crippen molar-refractivity contribution in [1.82, 2.24) is 0 Å². The summed E-state index contributed by atoms with van der Waals surface area (Å²) in [5.74, 6) is -0.878. The first-order chi connectivity index (χ1) is 30.0. The molecular weight excluding hydrogens is 757 g/mol. The first-order valence-corrected chi connectivity index (χ1v) is 26.5. The van der Waals surface area contributed by atoms with Crippen LogP contribution in [0.2, 0.25) is 0 Å². The molecule has 356 valence electrons. The van der Waals surface area contributed by atoms with Crippen molar-refractivity contribution in [3.63, 3.8) is 0 Å². The van der Waals surface area contributed by atoms with Gasteiger partial charge in [0.1, 0.15) is 13.2 Å². The summed E-state index contributed by atoms with van der Waals surface area (Å²) in [5, 5.41) is 0. The van der Waals surface area contributed by atoms with Gasteiger partial charge in [-0.3, -0.25) is 14.4 Å². The van der Waals surface area contributed by atoms with Gasteiger partial charge in [0.15, 0.2) is 6.10 Å². The topological polar surface area (TPSA) is 78.9 Å². The van der Waals surface area contributed by atoms with Gasteiger partial charge in [-0.15, -0.1) is 0 Å². The molecule has 0 aliphatic rings. The van der Waals surface area contributed by atoms with E-state index in [-0.39, 0.29) is 31.1 Å². The van der Waals surface area contributed by atoms with Crippen LogP contribution in [-0.4, -0.2) is 37.2 Å². The lowest BCUT2D eigenvalue weighted by molar-refractivity contribution is -0.167. The van der Waals surface area contributed by atoms with Gasteiger partial charge in [0, 0.05) is 19.3 Å². The molecule has 0 heterocycles. The summed E-state index contributed by atoms with van der Waals surface area (Å²) in [6, 6.07) is 0. The zero-order valence-corrected chi connectivity index (χ0v) is 40.7. The second-order valence-electron chi connectivity index (χ2n) is 17.8. The van der Waals surface area contributed by atoms with Gasteiger partial charge in [-0.1, -0.05) is 243 Å². The molecule has 6 nitrogen and oxygen atoms in total. The quantitative estimate of drug-likeness (QED) is 0.0262. The Kier molecular flexibility index (Phi) is 48.3. The Balaban J connectivity index is 4.32. The summed E-state index contributed by atoms with van der Waals surface area (Å²) in [6.07, 6.45) is 58.4. The third-order valence-electron chi connectivity index (χ3n) is 11.7. The minimum absolute atomic E-state index is 0.0733. The summed E-state index contributed by atoms with van der Waals surface area (Å²) >= 11 is 0. The molecule has 0 fully saturated rings. The molecule has 0 unspecified atom stereocenters. The fourth-order valence-corrected chi connectivity index (χ4v) is 7.69. The van der Waals surface area contributed by atoms with Crippen molar-refractivity contribution in [2.75, 3.05) is 13.2 Å². The maximum atomic E-state index is 12.8. The van der Waals surface area contributed by atoms with Gasteiger partial charge in [-0.2, -0.15) is 0 Å². The van der Waals surface area contributed by atoms with Gasteiger partial charge in [0.2, 0.25) is 0 Å². The average molecular weight is 857 g/mol. The number of carbonyl (C=O) groups is 3. The van der Waals surface area contributed by atoms with Gasteiger partial charge < -0.3 is 14.2 Å². The van der Waals surface area contributed by atoms with E-state index in [0.717, 1.165) is 96.3 Å². The molecule has 0 radical (unpaired) electrons. The summed E-state index contributed by atoms with van der Waals surface area (Å²) in [4.78, 5) is 38.0. The fraction of sp³-hybridized carbons (Fsp3) is 0.836. The number of ether oxygens (including phenoxy) is 3. The van der Waals surface area contributed by atoms with Crippen LogP contribution in [0.15, 0.2) is 36.5 Å². The average Bonchev–Trinajstić information content (AvgIpc) is 3.26. The largest absolute Gasteiger partial charge is 0.462 e. The zero-order chi connectivity index (χ0) is 44.4. The Morgan fingerprint density at radius 2 is 0.639 bits per heavy atom. The molecule has 0 aliphatic heterocycles. The van der Waals surface area contributed by atoms with Crippen molar-refractivity contribution in [2.45, 2.75) is 284 Å². The third-order valence-corrected chi connectivity index (χ3v) is 11.7. The Hall–Kier alpha value is -2.37.